The van der Waals surface area contributed by atoms with Crippen molar-refractivity contribution in [3.63, 3.8) is 0 Å². The topological polar surface area (TPSA) is 113 Å². The second-order valence-corrected chi connectivity index (χ2v) is 6.23. The molecule has 1 amide bonds. The number of hydrogen-bond donors (Lipinski definition) is 1. The van der Waals surface area contributed by atoms with Gasteiger partial charge in [-0.3, -0.25) is 14.2 Å². The van der Waals surface area contributed by atoms with Crippen LogP contribution in [0.1, 0.15) is 23.0 Å². The van der Waals surface area contributed by atoms with Crippen LogP contribution in [-0.4, -0.2) is 34.4 Å². The van der Waals surface area contributed by atoms with Gasteiger partial charge in [-0.15, -0.1) is 13.2 Å². The number of amides is 1. The van der Waals surface area contributed by atoms with E-state index < -0.39 is 36.1 Å². The molecule has 0 spiro atoms. The lowest BCUT2D eigenvalue weighted by Crippen LogP contribution is -2.28. The van der Waals surface area contributed by atoms with Crippen molar-refractivity contribution in [2.45, 2.75) is 26.8 Å². The third-order valence-electron chi connectivity index (χ3n) is 4.02. The first-order valence-corrected chi connectivity index (χ1v) is 8.90. The third kappa shape index (κ3) is 5.02. The number of anilines is 1. The Morgan fingerprint density at radius 1 is 1.23 bits per heavy atom. The van der Waals surface area contributed by atoms with Gasteiger partial charge in [0.2, 0.25) is 11.6 Å². The van der Waals surface area contributed by atoms with Gasteiger partial charge in [0.1, 0.15) is 35.3 Å². The van der Waals surface area contributed by atoms with Gasteiger partial charge in [-0.1, -0.05) is 0 Å². The summed E-state index contributed by atoms with van der Waals surface area (Å²) in [7, 11) is 0. The molecule has 1 N–H and O–H groups in total. The first-order chi connectivity index (χ1) is 14.6. The van der Waals surface area contributed by atoms with Crippen molar-refractivity contribution in [2.24, 2.45) is 0 Å². The normalized spacial score (nSPS) is 11.4. The zero-order chi connectivity index (χ0) is 22.8. The smallest absolute Gasteiger partial charge is 0.462 e. The minimum atomic E-state index is -4.83. The number of ether oxygens (including phenoxy) is 2. The summed E-state index contributed by atoms with van der Waals surface area (Å²) in [6, 6.07) is 4.48. The molecule has 0 aliphatic rings. The summed E-state index contributed by atoms with van der Waals surface area (Å²) in [5.41, 5.74) is -0.631. The number of aromatic nitrogens is 2. The highest BCUT2D eigenvalue weighted by atomic mass is 19.4. The van der Waals surface area contributed by atoms with Gasteiger partial charge in [0.05, 0.1) is 6.61 Å². The van der Waals surface area contributed by atoms with Gasteiger partial charge in [0, 0.05) is 5.69 Å². The van der Waals surface area contributed by atoms with Crippen molar-refractivity contribution in [1.29, 1.82) is 0 Å². The van der Waals surface area contributed by atoms with Crippen LogP contribution in [-0.2, 0) is 16.1 Å². The van der Waals surface area contributed by atoms with Crippen LogP contribution < -0.4 is 15.6 Å². The minimum absolute atomic E-state index is 0.0654. The van der Waals surface area contributed by atoms with E-state index in [1.54, 1.807) is 6.92 Å². The zero-order valence-electron chi connectivity index (χ0n) is 16.3. The molecule has 0 unspecified atom stereocenters. The fourth-order valence-corrected chi connectivity index (χ4v) is 2.79. The number of nitrogens with zero attached hydrogens (tertiary/aromatic N) is 2. The molecule has 0 aliphatic heterocycles. The fraction of sp³-hybridized carbons (Fsp3) is 0.263. The van der Waals surface area contributed by atoms with E-state index in [1.165, 1.54) is 19.1 Å². The monoisotopic (exact) mass is 439 g/mol. The van der Waals surface area contributed by atoms with Gasteiger partial charge in [0.15, 0.2) is 0 Å². The second kappa shape index (κ2) is 8.50. The highest BCUT2D eigenvalue weighted by molar-refractivity contribution is 6.03. The Morgan fingerprint density at radius 2 is 1.90 bits per heavy atom. The lowest BCUT2D eigenvalue weighted by Gasteiger charge is -2.10. The van der Waals surface area contributed by atoms with Crippen LogP contribution in [0.2, 0.25) is 0 Å². The van der Waals surface area contributed by atoms with Gasteiger partial charge in [-0.2, -0.15) is 0 Å². The minimum Gasteiger partial charge on any atom is -0.462 e. The zero-order valence-corrected chi connectivity index (χ0v) is 16.3. The summed E-state index contributed by atoms with van der Waals surface area (Å²) in [4.78, 5) is 41.2. The number of alkyl halides is 3. The summed E-state index contributed by atoms with van der Waals surface area (Å²) in [5, 5.41) is 2.33. The van der Waals surface area contributed by atoms with Crippen LogP contribution in [0.4, 0.5) is 18.9 Å². The van der Waals surface area contributed by atoms with E-state index in [4.69, 9.17) is 9.15 Å². The molecule has 9 nitrogen and oxygen atoms in total. The lowest BCUT2D eigenvalue weighted by atomic mass is 10.2. The maximum absolute atomic E-state index is 12.8. The maximum Gasteiger partial charge on any atom is 0.573 e. The lowest BCUT2D eigenvalue weighted by molar-refractivity contribution is -0.274. The van der Waals surface area contributed by atoms with Gasteiger partial charge in [-0.05, 0) is 38.1 Å². The molecule has 164 valence electrons. The SMILES string of the molecule is CCOC(=O)c1c(C)oc2ncn(CC(=O)Nc3ccc(OC(F)(F)F)cc3)c(=O)c12. The number of carbonyl (C=O) groups is 2. The predicted octanol–water partition coefficient (Wildman–Crippen LogP) is 3.01. The molecule has 2 heterocycles. The molecule has 0 aliphatic carbocycles. The number of hydrogen-bond acceptors (Lipinski definition) is 7. The second-order valence-electron chi connectivity index (χ2n) is 6.23. The number of furan rings is 1. The molecule has 0 atom stereocenters. The van der Waals surface area contributed by atoms with Crippen LogP contribution >= 0.6 is 0 Å². The number of benzene rings is 1. The van der Waals surface area contributed by atoms with E-state index in [0.29, 0.717) is 0 Å². The molecule has 0 saturated carbocycles. The molecule has 12 heteroatoms. The largest absolute Gasteiger partial charge is 0.573 e. The highest BCUT2D eigenvalue weighted by Gasteiger charge is 2.31. The standard InChI is InChI=1S/C19H16F3N3O6/c1-3-29-18(28)14-10(2)30-16-15(14)17(27)25(9-23-16)8-13(26)24-11-4-6-12(7-5-11)31-19(20,21)22/h4-7,9H,3,8H2,1-2H3,(H,24,26). The molecule has 0 fully saturated rings. The van der Waals surface area contributed by atoms with E-state index >= 15 is 0 Å². The maximum atomic E-state index is 12.8. The van der Waals surface area contributed by atoms with Crippen molar-refractivity contribution >= 4 is 28.7 Å². The van der Waals surface area contributed by atoms with E-state index in [0.717, 1.165) is 23.0 Å². The van der Waals surface area contributed by atoms with Gasteiger partial charge in [0.25, 0.3) is 5.56 Å². The first-order valence-electron chi connectivity index (χ1n) is 8.90. The number of aryl methyl sites for hydroxylation is 1. The number of esters is 1. The summed E-state index contributed by atoms with van der Waals surface area (Å²) in [6.07, 6.45) is -3.74. The predicted molar refractivity (Wildman–Crippen MR) is 101 cm³/mol. The van der Waals surface area contributed by atoms with E-state index in [9.17, 15) is 27.6 Å². The summed E-state index contributed by atoms with van der Waals surface area (Å²) >= 11 is 0. The number of carbonyl (C=O) groups excluding carboxylic acids is 2. The van der Waals surface area contributed by atoms with E-state index in [2.05, 4.69) is 15.0 Å². The van der Waals surface area contributed by atoms with Crippen molar-refractivity contribution in [2.75, 3.05) is 11.9 Å². The van der Waals surface area contributed by atoms with E-state index in [1.807, 2.05) is 0 Å². The van der Waals surface area contributed by atoms with Crippen LogP contribution in [0.5, 0.6) is 5.75 Å². The Bertz CT molecular complexity index is 1180. The van der Waals surface area contributed by atoms with Crippen LogP contribution in [0.15, 0.2) is 39.8 Å². The molecule has 0 saturated heterocycles. The quantitative estimate of drug-likeness (QED) is 0.588. The highest BCUT2D eigenvalue weighted by Crippen LogP contribution is 2.24. The Balaban J connectivity index is 1.79. The van der Waals surface area contributed by atoms with Crippen molar-refractivity contribution in [1.82, 2.24) is 9.55 Å². The Kier molecular flexibility index (Phi) is 5.99. The number of nitrogens with one attached hydrogen (secondary N) is 1. The average molecular weight is 439 g/mol. The molecule has 3 rings (SSSR count). The van der Waals surface area contributed by atoms with Crippen molar-refractivity contribution < 1.29 is 36.7 Å². The Hall–Kier alpha value is -3.83. The summed E-state index contributed by atoms with van der Waals surface area (Å²) in [6.45, 7) is 2.72. The molecule has 1 aromatic carbocycles. The molecular formula is C19H16F3N3O6. The molecule has 31 heavy (non-hydrogen) atoms. The Labute approximate surface area is 172 Å². The fourth-order valence-electron chi connectivity index (χ4n) is 2.79. The number of fused-ring (bicyclic) bond motifs is 1. The number of halogens is 3. The van der Waals surface area contributed by atoms with Crippen molar-refractivity contribution in [3.8, 4) is 5.75 Å². The van der Waals surface area contributed by atoms with Gasteiger partial charge < -0.3 is 19.2 Å². The van der Waals surface area contributed by atoms with E-state index in [-0.39, 0.29) is 34.7 Å². The van der Waals surface area contributed by atoms with Crippen LogP contribution in [0.3, 0.4) is 0 Å². The van der Waals surface area contributed by atoms with Gasteiger partial charge >= 0.3 is 12.3 Å². The Morgan fingerprint density at radius 3 is 2.52 bits per heavy atom. The van der Waals surface area contributed by atoms with Gasteiger partial charge in [-0.25, -0.2) is 9.78 Å². The van der Waals surface area contributed by atoms with Crippen molar-refractivity contribution in [3.05, 3.63) is 52.3 Å². The first kappa shape index (κ1) is 21.9. The number of rotatable bonds is 6. The van der Waals surface area contributed by atoms with Crippen LogP contribution in [0, 0.1) is 6.92 Å². The third-order valence-corrected chi connectivity index (χ3v) is 4.02. The molecule has 3 aromatic rings. The molecule has 0 bridgehead atoms. The molecular weight excluding hydrogens is 423 g/mol. The summed E-state index contributed by atoms with van der Waals surface area (Å²) < 4.78 is 51.6. The average Bonchev–Trinajstić information content (AvgIpc) is 3.01. The summed E-state index contributed by atoms with van der Waals surface area (Å²) in [5.74, 6) is -1.69. The molecule has 2 aromatic heterocycles. The van der Waals surface area contributed by atoms with Crippen LogP contribution in [0.25, 0.3) is 11.1 Å². The molecule has 0 radical (unpaired) electrons.